The number of H-pyrrole nitrogens is 2. The number of ether oxygens (including phenoxy) is 2. The highest BCUT2D eigenvalue weighted by Gasteiger charge is 2.39. The molecule has 4 heterocycles. The number of rotatable bonds is 13. The van der Waals surface area contributed by atoms with E-state index in [9.17, 15) is 29.4 Å². The van der Waals surface area contributed by atoms with Gasteiger partial charge in [0.05, 0.1) is 43.9 Å². The number of carbonyl (C=O) groups is 4. The van der Waals surface area contributed by atoms with Gasteiger partial charge in [0, 0.05) is 30.8 Å². The number of imidazole rings is 2. The van der Waals surface area contributed by atoms with Crippen LogP contribution >= 0.6 is 0 Å². The van der Waals surface area contributed by atoms with Crippen molar-refractivity contribution in [2.24, 2.45) is 11.8 Å². The van der Waals surface area contributed by atoms with E-state index in [4.69, 9.17) is 14.5 Å². The predicted molar refractivity (Wildman–Crippen MR) is 215 cm³/mol. The molecule has 4 atom stereocenters. The molecule has 2 aliphatic rings. The fourth-order valence-electron chi connectivity index (χ4n) is 7.86. The zero-order valence-electron chi connectivity index (χ0n) is 33.8. The van der Waals surface area contributed by atoms with Crippen molar-refractivity contribution in [3.05, 3.63) is 72.1 Å². The van der Waals surface area contributed by atoms with Crippen molar-refractivity contribution >= 4 is 24.0 Å². The van der Waals surface area contributed by atoms with Crippen molar-refractivity contribution in [2.75, 3.05) is 27.3 Å². The van der Waals surface area contributed by atoms with E-state index >= 15 is 0 Å². The number of aliphatic hydroxyl groups is 2. The summed E-state index contributed by atoms with van der Waals surface area (Å²) in [6, 6.07) is 13.8. The van der Waals surface area contributed by atoms with Gasteiger partial charge in [-0.3, -0.25) is 9.59 Å². The molecule has 4 aromatic rings. The summed E-state index contributed by atoms with van der Waals surface area (Å²) >= 11 is 0. The Morgan fingerprint density at radius 1 is 0.724 bits per heavy atom. The van der Waals surface area contributed by atoms with Crippen LogP contribution in [0, 0.1) is 11.8 Å². The number of nitrogens with zero attached hydrogens (tertiary/aromatic N) is 4. The van der Waals surface area contributed by atoms with Crippen molar-refractivity contribution in [1.29, 1.82) is 0 Å². The summed E-state index contributed by atoms with van der Waals surface area (Å²) in [5, 5.41) is 25.2. The Bertz CT molecular complexity index is 2060. The molecule has 0 spiro atoms. The number of alkyl carbamates (subject to hydrolysis) is 2. The largest absolute Gasteiger partial charge is 0.453 e. The molecule has 58 heavy (non-hydrogen) atoms. The molecule has 2 aromatic carbocycles. The Kier molecular flexibility index (Phi) is 13.2. The summed E-state index contributed by atoms with van der Waals surface area (Å²) in [4.78, 5) is 71.0. The van der Waals surface area contributed by atoms with Gasteiger partial charge in [0.25, 0.3) is 0 Å². The van der Waals surface area contributed by atoms with Crippen molar-refractivity contribution in [1.82, 2.24) is 40.4 Å². The minimum Gasteiger partial charge on any atom is -0.453 e. The number of nitrogens with one attached hydrogen (secondary N) is 4. The molecule has 4 amide bonds. The lowest BCUT2D eigenvalue weighted by Crippen LogP contribution is -2.51. The van der Waals surface area contributed by atoms with Crippen molar-refractivity contribution < 1.29 is 38.9 Å². The van der Waals surface area contributed by atoms with Crippen LogP contribution in [0.2, 0.25) is 0 Å². The van der Waals surface area contributed by atoms with Crippen LogP contribution in [0.4, 0.5) is 9.59 Å². The summed E-state index contributed by atoms with van der Waals surface area (Å²) in [5.41, 5.74) is 5.57. The number of benzene rings is 2. The fourth-order valence-corrected chi connectivity index (χ4v) is 7.86. The zero-order valence-corrected chi connectivity index (χ0v) is 33.8. The van der Waals surface area contributed by atoms with Crippen LogP contribution in [0.25, 0.3) is 33.6 Å². The van der Waals surface area contributed by atoms with E-state index in [0.29, 0.717) is 42.5 Å². The van der Waals surface area contributed by atoms with Gasteiger partial charge in [0.1, 0.15) is 23.7 Å². The standard InChI is InChI=1S/C42H54N8O8/c1-23(2)34(47-41(55)57-5)39(53)49-19-7-9-31(49)37-43-22-30(45-37)27-15-11-25(12-16-27)26-13-17-28(18-14-26)36-29(21-33(51)52)44-38(46-36)32-10-8-20-50(32)40(54)35(24(3)4)48-42(56)58-6/h11-18,22-24,31-35,51-52H,7-10,19-21H2,1-6H3,(H,43,45)(H,44,46)(H,47,55)(H,48,56)/t31-,32-,34-,35-/m0/s1. The number of likely N-dealkylation sites (tertiary alicyclic amines) is 2. The van der Waals surface area contributed by atoms with E-state index in [2.05, 4.69) is 25.6 Å². The van der Waals surface area contributed by atoms with Gasteiger partial charge < -0.3 is 50.1 Å². The van der Waals surface area contributed by atoms with Gasteiger partial charge in [-0.05, 0) is 54.2 Å². The number of aromatic nitrogens is 4. The molecule has 2 aliphatic heterocycles. The van der Waals surface area contributed by atoms with Gasteiger partial charge in [0.15, 0.2) is 6.29 Å². The molecule has 0 aliphatic carbocycles. The highest BCUT2D eigenvalue weighted by atomic mass is 16.5. The van der Waals surface area contributed by atoms with Crippen molar-refractivity contribution in [3.63, 3.8) is 0 Å². The summed E-state index contributed by atoms with van der Waals surface area (Å²) < 4.78 is 9.51. The van der Waals surface area contributed by atoms with Gasteiger partial charge in [0.2, 0.25) is 11.8 Å². The summed E-state index contributed by atoms with van der Waals surface area (Å²) in [5.74, 6) is 0.540. The molecule has 0 radical (unpaired) electrons. The zero-order chi connectivity index (χ0) is 41.7. The molecule has 6 rings (SSSR count). The SMILES string of the molecule is COC(=O)N[C@H](C(=O)N1CCC[C@H]1c1ncc(-c2ccc(-c3ccc(-c4nc([C@@H]5CCCN5C(=O)[C@@H](NC(=O)OC)C(C)C)[nH]c4CC(O)O)cc3)cc2)[nH]1)C(C)C. The first-order valence-corrected chi connectivity index (χ1v) is 19.8. The lowest BCUT2D eigenvalue weighted by molar-refractivity contribution is -0.136. The normalized spacial score (nSPS) is 17.8. The maximum absolute atomic E-state index is 13.7. The van der Waals surface area contributed by atoms with Gasteiger partial charge in [-0.25, -0.2) is 19.6 Å². The molecule has 2 fully saturated rings. The smallest absolute Gasteiger partial charge is 0.407 e. The number of aliphatic hydroxyl groups excluding tert-OH is 1. The first kappa shape index (κ1) is 41.9. The maximum atomic E-state index is 13.7. The van der Waals surface area contributed by atoms with Gasteiger partial charge >= 0.3 is 12.2 Å². The highest BCUT2D eigenvalue weighted by Crippen LogP contribution is 2.36. The second-order valence-corrected chi connectivity index (χ2v) is 15.6. The monoisotopic (exact) mass is 798 g/mol. The molecule has 6 N–H and O–H groups in total. The Morgan fingerprint density at radius 3 is 1.66 bits per heavy atom. The van der Waals surface area contributed by atoms with E-state index in [1.807, 2.05) is 76.2 Å². The molecule has 310 valence electrons. The molecule has 16 heteroatoms. The summed E-state index contributed by atoms with van der Waals surface area (Å²) in [6.07, 6.45) is 1.75. The minimum atomic E-state index is -1.61. The molecule has 16 nitrogen and oxygen atoms in total. The van der Waals surface area contributed by atoms with Gasteiger partial charge in [-0.15, -0.1) is 0 Å². The third kappa shape index (κ3) is 9.18. The van der Waals surface area contributed by atoms with Crippen LogP contribution in [-0.4, -0.2) is 110 Å². The Balaban J connectivity index is 1.17. The molecular weight excluding hydrogens is 745 g/mol. The molecule has 0 bridgehead atoms. The Labute approximate surface area is 337 Å². The van der Waals surface area contributed by atoms with Gasteiger partial charge in [-0.2, -0.15) is 0 Å². The topological polar surface area (TPSA) is 215 Å². The van der Waals surface area contributed by atoms with E-state index < -0.39 is 30.6 Å². The van der Waals surface area contributed by atoms with Crippen LogP contribution in [-0.2, 0) is 25.5 Å². The van der Waals surface area contributed by atoms with Gasteiger partial charge in [-0.1, -0.05) is 76.2 Å². The van der Waals surface area contributed by atoms with Crippen LogP contribution in [0.3, 0.4) is 0 Å². The average Bonchev–Trinajstić information content (AvgIpc) is 4.05. The van der Waals surface area contributed by atoms with Crippen molar-refractivity contribution in [2.45, 2.75) is 90.3 Å². The molecular formula is C42H54N8O8. The second-order valence-electron chi connectivity index (χ2n) is 15.6. The quantitative estimate of drug-likeness (QED) is 0.0988. The summed E-state index contributed by atoms with van der Waals surface area (Å²) in [7, 11) is 2.53. The number of hydrogen-bond acceptors (Lipinski definition) is 10. The number of carbonyl (C=O) groups excluding carboxylic acids is 4. The number of methoxy groups -OCH3 is 2. The van der Waals surface area contributed by atoms with E-state index in [1.165, 1.54) is 14.2 Å². The Hall–Kier alpha value is -5.74. The third-order valence-corrected chi connectivity index (χ3v) is 11.0. The molecule has 0 saturated carbocycles. The van der Waals surface area contributed by atoms with Crippen LogP contribution in [0.5, 0.6) is 0 Å². The van der Waals surface area contributed by atoms with E-state index in [0.717, 1.165) is 47.2 Å². The fraction of sp³-hybridized carbons (Fsp3) is 0.476. The van der Waals surface area contributed by atoms with Crippen LogP contribution < -0.4 is 10.6 Å². The van der Waals surface area contributed by atoms with Crippen molar-refractivity contribution in [3.8, 4) is 33.6 Å². The molecule has 0 unspecified atom stereocenters. The first-order valence-electron chi connectivity index (χ1n) is 19.8. The minimum absolute atomic E-state index is 0.0831. The van der Waals surface area contributed by atoms with Crippen LogP contribution in [0.1, 0.15) is 82.8 Å². The van der Waals surface area contributed by atoms with E-state index in [-0.39, 0.29) is 42.2 Å². The lowest BCUT2D eigenvalue weighted by Gasteiger charge is -2.30. The number of hydrogen-bond donors (Lipinski definition) is 6. The van der Waals surface area contributed by atoms with E-state index in [1.54, 1.807) is 16.0 Å². The second kappa shape index (κ2) is 18.2. The first-order chi connectivity index (χ1) is 27.8. The lowest BCUT2D eigenvalue weighted by atomic mass is 10.0. The average molecular weight is 799 g/mol. The maximum Gasteiger partial charge on any atom is 0.407 e. The predicted octanol–water partition coefficient (Wildman–Crippen LogP) is 5.08. The van der Waals surface area contributed by atoms with Crippen LogP contribution in [0.15, 0.2) is 54.7 Å². The molecule has 2 aromatic heterocycles. The Morgan fingerprint density at radius 2 is 1.19 bits per heavy atom. The number of amides is 4. The third-order valence-electron chi connectivity index (χ3n) is 11.0. The molecule has 2 saturated heterocycles. The number of aromatic amines is 2. The highest BCUT2D eigenvalue weighted by molar-refractivity contribution is 5.87. The summed E-state index contributed by atoms with van der Waals surface area (Å²) in [6.45, 7) is 8.55.